The third-order valence-electron chi connectivity index (χ3n) is 6.40. The summed E-state index contributed by atoms with van der Waals surface area (Å²) in [4.78, 5) is 18.1. The molecule has 0 spiro atoms. The molecule has 0 aliphatic carbocycles. The summed E-state index contributed by atoms with van der Waals surface area (Å²) in [6, 6.07) is 20.9. The van der Waals surface area contributed by atoms with Gasteiger partial charge in [-0.15, -0.1) is 0 Å². The van der Waals surface area contributed by atoms with Crippen LogP contribution in [0, 0.1) is 0 Å². The number of nitrogens with one attached hydrogen (secondary N) is 1. The van der Waals surface area contributed by atoms with Gasteiger partial charge in [-0.3, -0.25) is 14.6 Å². The fraction of sp³-hybridized carbons (Fsp3) is 0.296. The summed E-state index contributed by atoms with van der Waals surface area (Å²) in [5, 5.41) is 3.50. The maximum Gasteiger partial charge on any atom is 0.246 e. The Balaban J connectivity index is 1.26. The molecule has 0 saturated carbocycles. The normalized spacial score (nSPS) is 16.6. The smallest absolute Gasteiger partial charge is 0.246 e. The molecule has 8 heteroatoms. The van der Waals surface area contributed by atoms with Gasteiger partial charge in [-0.2, -0.15) is 0 Å². The predicted octanol–water partition coefficient (Wildman–Crippen LogP) is 4.57. The van der Waals surface area contributed by atoms with Crippen LogP contribution in [0.1, 0.15) is 17.2 Å². The second-order valence-corrected chi connectivity index (χ2v) is 9.06. The number of rotatable bonds is 7. The van der Waals surface area contributed by atoms with E-state index in [-0.39, 0.29) is 12.7 Å². The van der Waals surface area contributed by atoms with Gasteiger partial charge in [0.1, 0.15) is 11.8 Å². The van der Waals surface area contributed by atoms with E-state index in [1.807, 2.05) is 36.4 Å². The van der Waals surface area contributed by atoms with Crippen LogP contribution in [-0.4, -0.2) is 55.8 Å². The van der Waals surface area contributed by atoms with Gasteiger partial charge in [0.05, 0.1) is 12.1 Å². The Morgan fingerprint density at radius 3 is 2.51 bits per heavy atom. The third-order valence-corrected chi connectivity index (χ3v) is 6.69. The van der Waals surface area contributed by atoms with E-state index in [2.05, 4.69) is 27.2 Å². The van der Waals surface area contributed by atoms with E-state index >= 15 is 0 Å². The second-order valence-electron chi connectivity index (χ2n) is 8.65. The minimum atomic E-state index is -0.398. The van der Waals surface area contributed by atoms with Gasteiger partial charge in [0.15, 0.2) is 11.5 Å². The lowest BCUT2D eigenvalue weighted by atomic mass is 10.0. The topological polar surface area (TPSA) is 63.3 Å². The van der Waals surface area contributed by atoms with E-state index in [0.29, 0.717) is 16.5 Å². The number of halogens is 1. The number of benzene rings is 3. The van der Waals surface area contributed by atoms with Crippen LogP contribution in [0.25, 0.3) is 0 Å². The van der Waals surface area contributed by atoms with Crippen molar-refractivity contribution in [3.63, 3.8) is 0 Å². The van der Waals surface area contributed by atoms with Crippen LogP contribution in [0.5, 0.6) is 17.2 Å². The number of methoxy groups -OCH3 is 1. The van der Waals surface area contributed by atoms with Gasteiger partial charge < -0.3 is 19.5 Å². The molecule has 0 bridgehead atoms. The molecular formula is C27H28ClN3O4. The molecule has 3 aromatic carbocycles. The van der Waals surface area contributed by atoms with Crippen LogP contribution >= 0.6 is 11.6 Å². The van der Waals surface area contributed by atoms with Crippen LogP contribution in [-0.2, 0) is 11.3 Å². The lowest BCUT2D eigenvalue weighted by Gasteiger charge is -2.38. The molecule has 2 aliphatic heterocycles. The van der Waals surface area contributed by atoms with Gasteiger partial charge >= 0.3 is 0 Å². The van der Waals surface area contributed by atoms with E-state index in [9.17, 15) is 4.79 Å². The molecular weight excluding hydrogens is 466 g/mol. The molecule has 5 rings (SSSR count). The first-order chi connectivity index (χ1) is 17.1. The van der Waals surface area contributed by atoms with Crippen molar-refractivity contribution >= 4 is 23.2 Å². The number of anilines is 1. The summed E-state index contributed by atoms with van der Waals surface area (Å²) in [5.74, 6) is 2.10. The van der Waals surface area contributed by atoms with Gasteiger partial charge in [-0.1, -0.05) is 48.0 Å². The maximum atomic E-state index is 13.5. The number of ether oxygens (including phenoxy) is 3. The molecule has 7 nitrogen and oxygen atoms in total. The third kappa shape index (κ3) is 5.37. The van der Waals surface area contributed by atoms with Gasteiger partial charge in [0.2, 0.25) is 12.7 Å². The molecule has 2 aliphatic rings. The highest BCUT2D eigenvalue weighted by Crippen LogP contribution is 2.33. The first-order valence-corrected chi connectivity index (χ1v) is 12.0. The van der Waals surface area contributed by atoms with Crippen molar-refractivity contribution in [1.29, 1.82) is 0 Å². The maximum absolute atomic E-state index is 13.5. The standard InChI is InChI=1S/C27H28ClN3O4/c1-33-23-10-8-21(16-22(23)28)29-27(32)26(20-5-3-2-4-6-20)31-13-11-30(12-14-31)17-19-7-9-24-25(15-19)35-18-34-24/h2-10,15-16,26H,11-14,17-18H2,1H3,(H,29,32)/t26-/m1/s1. The number of amides is 1. The molecule has 0 aromatic heterocycles. The summed E-state index contributed by atoms with van der Waals surface area (Å²) in [7, 11) is 1.57. The molecule has 1 N–H and O–H groups in total. The zero-order valence-corrected chi connectivity index (χ0v) is 20.3. The van der Waals surface area contributed by atoms with Crippen molar-refractivity contribution in [2.75, 3.05) is 45.4 Å². The lowest BCUT2D eigenvalue weighted by Crippen LogP contribution is -2.49. The lowest BCUT2D eigenvalue weighted by molar-refractivity contribution is -0.122. The number of carbonyl (C=O) groups is 1. The predicted molar refractivity (Wildman–Crippen MR) is 135 cm³/mol. The number of carbonyl (C=O) groups excluding carboxylic acids is 1. The summed E-state index contributed by atoms with van der Waals surface area (Å²) in [5.41, 5.74) is 2.80. The summed E-state index contributed by atoms with van der Waals surface area (Å²) < 4.78 is 16.1. The zero-order chi connectivity index (χ0) is 24.2. The van der Waals surface area contributed by atoms with Crippen molar-refractivity contribution in [2.45, 2.75) is 12.6 Å². The Kier molecular flexibility index (Phi) is 7.08. The fourth-order valence-electron chi connectivity index (χ4n) is 4.60. The Morgan fingerprint density at radius 2 is 1.77 bits per heavy atom. The highest BCUT2D eigenvalue weighted by molar-refractivity contribution is 6.32. The Bertz CT molecular complexity index is 1180. The van der Waals surface area contributed by atoms with E-state index in [1.54, 1.807) is 25.3 Å². The molecule has 1 atom stereocenters. The van der Waals surface area contributed by atoms with Crippen LogP contribution in [0.4, 0.5) is 5.69 Å². The zero-order valence-electron chi connectivity index (χ0n) is 19.6. The number of fused-ring (bicyclic) bond motifs is 1. The van der Waals surface area contributed by atoms with Gasteiger partial charge in [-0.25, -0.2) is 0 Å². The average molecular weight is 494 g/mol. The highest BCUT2D eigenvalue weighted by Gasteiger charge is 2.31. The van der Waals surface area contributed by atoms with Crippen LogP contribution in [0.3, 0.4) is 0 Å². The fourth-order valence-corrected chi connectivity index (χ4v) is 4.85. The van der Waals surface area contributed by atoms with Gasteiger partial charge in [0, 0.05) is 38.4 Å². The Morgan fingerprint density at radius 1 is 1.00 bits per heavy atom. The van der Waals surface area contributed by atoms with Crippen molar-refractivity contribution < 1.29 is 19.0 Å². The minimum Gasteiger partial charge on any atom is -0.495 e. The number of hydrogen-bond acceptors (Lipinski definition) is 6. The summed E-state index contributed by atoms with van der Waals surface area (Å²) >= 11 is 6.26. The molecule has 35 heavy (non-hydrogen) atoms. The largest absolute Gasteiger partial charge is 0.495 e. The van der Waals surface area contributed by atoms with E-state index in [1.165, 1.54) is 5.56 Å². The van der Waals surface area contributed by atoms with Gasteiger partial charge in [0.25, 0.3) is 0 Å². The molecule has 3 aromatic rings. The van der Waals surface area contributed by atoms with Crippen LogP contribution in [0.15, 0.2) is 66.7 Å². The second kappa shape index (κ2) is 10.6. The number of piperazine rings is 1. The van der Waals surface area contributed by atoms with Crippen LogP contribution in [0.2, 0.25) is 5.02 Å². The molecule has 0 radical (unpaired) electrons. The van der Waals surface area contributed by atoms with Crippen molar-refractivity contribution in [3.8, 4) is 17.2 Å². The summed E-state index contributed by atoms with van der Waals surface area (Å²) in [6.45, 7) is 4.39. The molecule has 1 fully saturated rings. The molecule has 1 saturated heterocycles. The van der Waals surface area contributed by atoms with Gasteiger partial charge in [-0.05, 0) is 41.5 Å². The average Bonchev–Trinajstić information content (AvgIpc) is 3.34. The number of hydrogen-bond donors (Lipinski definition) is 1. The monoisotopic (exact) mass is 493 g/mol. The molecule has 2 heterocycles. The molecule has 182 valence electrons. The Labute approximate surface area is 210 Å². The minimum absolute atomic E-state index is 0.0818. The van der Waals surface area contributed by atoms with Crippen LogP contribution < -0.4 is 19.5 Å². The highest BCUT2D eigenvalue weighted by atomic mass is 35.5. The summed E-state index contributed by atoms with van der Waals surface area (Å²) in [6.07, 6.45) is 0. The molecule has 0 unspecified atom stereocenters. The van der Waals surface area contributed by atoms with Crippen molar-refractivity contribution in [3.05, 3.63) is 82.9 Å². The number of nitrogens with zero attached hydrogens (tertiary/aromatic N) is 2. The first kappa shape index (κ1) is 23.5. The van der Waals surface area contributed by atoms with Crippen molar-refractivity contribution in [1.82, 2.24) is 9.80 Å². The molecule has 1 amide bonds. The SMILES string of the molecule is COc1ccc(NC(=O)[C@@H](c2ccccc2)N2CCN(Cc3ccc4c(c3)OCO4)CC2)cc1Cl. The van der Waals surface area contributed by atoms with E-state index in [4.69, 9.17) is 25.8 Å². The van der Waals surface area contributed by atoms with E-state index < -0.39 is 6.04 Å². The van der Waals surface area contributed by atoms with Crippen molar-refractivity contribution in [2.24, 2.45) is 0 Å². The van der Waals surface area contributed by atoms with E-state index in [0.717, 1.165) is 49.8 Å². The first-order valence-electron chi connectivity index (χ1n) is 11.6. The Hall–Kier alpha value is -3.26. The quantitative estimate of drug-likeness (QED) is 0.520.